The molecule has 0 saturated heterocycles. The Balaban J connectivity index is -0.000000420. The summed E-state index contributed by atoms with van der Waals surface area (Å²) in [6, 6.07) is 0. The summed E-state index contributed by atoms with van der Waals surface area (Å²) in [6.45, 7) is 36.7. The minimum Gasteiger partial charge on any atom is -0.346 e. The summed E-state index contributed by atoms with van der Waals surface area (Å²) in [7, 11) is 0. The Hall–Kier alpha value is -3.87. The molecule has 1 atom stereocenters. The van der Waals surface area contributed by atoms with E-state index in [1.807, 2.05) is 26.8 Å². The lowest BCUT2D eigenvalue weighted by Gasteiger charge is -2.11. The Kier molecular flexibility index (Phi) is 39.8. The van der Waals surface area contributed by atoms with Crippen LogP contribution in [0.25, 0.3) is 0 Å². The van der Waals surface area contributed by atoms with Crippen LogP contribution in [0.1, 0.15) is 114 Å². The SMILES string of the molecule is C=CCC.C=CCC(=C)C(=C)\C=C(F)/C(=C\C)C(=N\C=C\C)/N/C=C/CN(N=C)/N=C\CC.CCC(C)=O.CCCCC(C)CC. The van der Waals surface area contributed by atoms with Crippen LogP contribution in [0.2, 0.25) is 0 Å². The van der Waals surface area contributed by atoms with Crippen molar-refractivity contribution in [1.82, 2.24) is 10.4 Å². The molecule has 0 rings (SSSR count). The van der Waals surface area contributed by atoms with E-state index in [0.29, 0.717) is 41.9 Å². The number of aliphatic imine (C=N–C) groups is 1. The fourth-order valence-electron chi connectivity index (χ4n) is 2.72. The van der Waals surface area contributed by atoms with Gasteiger partial charge in [0, 0.05) is 37.3 Å². The van der Waals surface area contributed by atoms with E-state index in [4.69, 9.17) is 0 Å². The first-order valence-electron chi connectivity index (χ1n) is 16.4. The Bertz CT molecular complexity index is 1030. The number of hydrazone groups is 2. The van der Waals surface area contributed by atoms with Crippen LogP contribution in [0.5, 0.6) is 0 Å². The highest BCUT2D eigenvalue weighted by Gasteiger charge is 2.11. The predicted octanol–water partition coefficient (Wildman–Crippen LogP) is 11.6. The third-order valence-electron chi connectivity index (χ3n) is 6.00. The Morgan fingerprint density at radius 2 is 1.65 bits per heavy atom. The molecular formula is C39H66FN5O. The molecule has 1 N–H and O–H groups in total. The smallest absolute Gasteiger partial charge is 0.139 e. The van der Waals surface area contributed by atoms with E-state index in [1.54, 1.807) is 56.8 Å². The van der Waals surface area contributed by atoms with Gasteiger partial charge in [-0.05, 0) is 69.2 Å². The Labute approximate surface area is 282 Å². The number of amidine groups is 1. The Morgan fingerprint density at radius 1 is 1.04 bits per heavy atom. The summed E-state index contributed by atoms with van der Waals surface area (Å²) in [6.07, 6.45) is 23.7. The van der Waals surface area contributed by atoms with Crippen molar-refractivity contribution in [3.8, 4) is 0 Å². The largest absolute Gasteiger partial charge is 0.346 e. The molecule has 0 aromatic heterocycles. The van der Waals surface area contributed by atoms with Crippen LogP contribution < -0.4 is 5.32 Å². The van der Waals surface area contributed by atoms with Gasteiger partial charge in [0.25, 0.3) is 0 Å². The van der Waals surface area contributed by atoms with Crippen LogP contribution >= 0.6 is 0 Å². The molecule has 0 amide bonds. The quantitative estimate of drug-likeness (QED) is 0.0502. The van der Waals surface area contributed by atoms with Crippen molar-refractivity contribution in [1.29, 1.82) is 0 Å². The van der Waals surface area contributed by atoms with Crippen molar-refractivity contribution < 1.29 is 9.18 Å². The number of halogens is 1. The van der Waals surface area contributed by atoms with Gasteiger partial charge < -0.3 is 10.1 Å². The van der Waals surface area contributed by atoms with Crippen LogP contribution in [0, 0.1) is 5.92 Å². The van der Waals surface area contributed by atoms with E-state index in [-0.39, 0.29) is 5.78 Å². The summed E-state index contributed by atoms with van der Waals surface area (Å²) < 4.78 is 14.9. The standard InChI is InChI=1S/C23H32FN5.C8H18.C4H8O.C4H8/c1-8-13-19(5)20(6)18-22(24)21(11-4)23(26-14-9-2)27-16-12-17-29(25-7)28-15-10-3;1-4-6-7-8(3)5-2;1-3-4(2)5;1-3-4-2/h8-9,11-12,14-16,18H,1,5-7,10,13,17H2,2-4H3,(H,26,27);8H,4-7H2,1-3H3;3H2,1-2H3;3H,1,4H2,2H3/b14-9+,16-12+,21-11+,22-18+,28-15-;;;. The van der Waals surface area contributed by atoms with E-state index in [2.05, 4.69) is 81.2 Å². The molecule has 0 aromatic rings. The molecule has 260 valence electrons. The lowest BCUT2D eigenvalue weighted by atomic mass is 10.0. The third kappa shape index (κ3) is 33.0. The average molecular weight is 640 g/mol. The zero-order valence-electron chi connectivity index (χ0n) is 30.7. The zero-order valence-corrected chi connectivity index (χ0v) is 30.7. The summed E-state index contributed by atoms with van der Waals surface area (Å²) in [5.74, 6) is 1.10. The molecule has 0 aliphatic carbocycles. The molecule has 0 aliphatic heterocycles. The number of hydrogen-bond donors (Lipinski definition) is 1. The molecule has 7 heteroatoms. The van der Waals surface area contributed by atoms with Crippen LogP contribution in [0.15, 0.2) is 113 Å². The van der Waals surface area contributed by atoms with Crippen molar-refractivity contribution >= 4 is 24.6 Å². The average Bonchev–Trinajstić information content (AvgIpc) is 3.06. The Morgan fingerprint density at radius 3 is 2.07 bits per heavy atom. The molecule has 46 heavy (non-hydrogen) atoms. The molecule has 0 bridgehead atoms. The van der Waals surface area contributed by atoms with Crippen molar-refractivity contribution in [2.75, 3.05) is 6.54 Å². The van der Waals surface area contributed by atoms with E-state index in [0.717, 1.165) is 18.8 Å². The number of unbranched alkanes of at least 4 members (excludes halogenated alkanes) is 1. The van der Waals surface area contributed by atoms with Crippen LogP contribution in [0.3, 0.4) is 0 Å². The lowest BCUT2D eigenvalue weighted by molar-refractivity contribution is -0.116. The first-order chi connectivity index (χ1) is 21.9. The second kappa shape index (κ2) is 37.3. The van der Waals surface area contributed by atoms with Crippen LogP contribution in [-0.2, 0) is 4.79 Å². The minimum absolute atomic E-state index is 0.255. The summed E-state index contributed by atoms with van der Waals surface area (Å²) >= 11 is 0. The zero-order chi connectivity index (χ0) is 36.2. The van der Waals surface area contributed by atoms with Gasteiger partial charge in [-0.15, -0.1) is 13.2 Å². The number of carbonyl (C=O) groups is 1. The highest BCUT2D eigenvalue weighted by atomic mass is 19.1. The van der Waals surface area contributed by atoms with Gasteiger partial charge in [-0.25, -0.2) is 9.38 Å². The molecule has 0 saturated carbocycles. The number of allylic oxidation sites excluding steroid dienone is 7. The van der Waals surface area contributed by atoms with Gasteiger partial charge in [0.15, 0.2) is 0 Å². The first kappa shape index (κ1) is 49.0. The van der Waals surface area contributed by atoms with Gasteiger partial charge in [0.05, 0.1) is 6.54 Å². The number of hydrogen-bond acceptors (Lipinski definition) is 5. The third-order valence-corrected chi connectivity index (χ3v) is 6.00. The first-order valence-corrected chi connectivity index (χ1v) is 16.4. The van der Waals surface area contributed by atoms with Gasteiger partial charge in [-0.1, -0.05) is 105 Å². The summed E-state index contributed by atoms with van der Waals surface area (Å²) in [5, 5.41) is 12.4. The molecular weight excluding hydrogens is 573 g/mol. The molecule has 0 fully saturated rings. The number of nitrogens with one attached hydrogen (secondary N) is 1. The monoisotopic (exact) mass is 640 g/mol. The molecule has 6 nitrogen and oxygen atoms in total. The fourth-order valence-corrected chi connectivity index (χ4v) is 2.72. The number of rotatable bonds is 19. The predicted molar refractivity (Wildman–Crippen MR) is 206 cm³/mol. The molecule has 0 spiro atoms. The molecule has 0 radical (unpaired) electrons. The van der Waals surface area contributed by atoms with Gasteiger partial charge in [-0.3, -0.25) is 0 Å². The van der Waals surface area contributed by atoms with E-state index >= 15 is 0 Å². The topological polar surface area (TPSA) is 69.4 Å². The van der Waals surface area contributed by atoms with Crippen molar-refractivity contribution in [2.24, 2.45) is 21.1 Å². The van der Waals surface area contributed by atoms with Gasteiger partial charge >= 0.3 is 0 Å². The van der Waals surface area contributed by atoms with Gasteiger partial charge in [0.2, 0.25) is 0 Å². The molecule has 0 aromatic carbocycles. The summed E-state index contributed by atoms with van der Waals surface area (Å²) in [4.78, 5) is 14.1. The van der Waals surface area contributed by atoms with Crippen molar-refractivity contribution in [2.45, 2.75) is 114 Å². The fraction of sp³-hybridized carbons (Fsp3) is 0.487. The minimum atomic E-state index is -0.464. The van der Waals surface area contributed by atoms with E-state index < -0.39 is 5.83 Å². The second-order valence-electron chi connectivity index (χ2n) is 10.1. The number of nitrogens with zero attached hydrogens (tertiary/aromatic N) is 4. The van der Waals surface area contributed by atoms with Crippen molar-refractivity contribution in [3.63, 3.8) is 0 Å². The number of Topliss-reactive ketones (excluding diaryl/α,β-unsaturated/α-hetero) is 1. The molecule has 0 aliphatic rings. The maximum Gasteiger partial charge on any atom is 0.139 e. The number of ketones is 1. The second-order valence-corrected chi connectivity index (χ2v) is 10.1. The highest BCUT2D eigenvalue weighted by molar-refractivity contribution is 6.02. The van der Waals surface area contributed by atoms with Crippen LogP contribution in [0.4, 0.5) is 4.39 Å². The van der Waals surface area contributed by atoms with Gasteiger partial charge in [0.1, 0.15) is 17.4 Å². The summed E-state index contributed by atoms with van der Waals surface area (Å²) in [5.41, 5.74) is 1.52. The molecule has 1 unspecified atom stereocenters. The van der Waals surface area contributed by atoms with E-state index in [1.165, 1.54) is 36.9 Å². The van der Waals surface area contributed by atoms with E-state index in [9.17, 15) is 9.18 Å². The maximum absolute atomic E-state index is 14.9. The normalized spacial score (nSPS) is 12.2. The number of carbonyl (C=O) groups excluding carboxylic acids is 1. The maximum atomic E-state index is 14.9. The van der Waals surface area contributed by atoms with Gasteiger partial charge in [-0.2, -0.15) is 15.3 Å². The van der Waals surface area contributed by atoms with Crippen molar-refractivity contribution in [3.05, 3.63) is 97.7 Å². The lowest BCUT2D eigenvalue weighted by Crippen LogP contribution is -2.21. The van der Waals surface area contributed by atoms with Crippen LogP contribution in [-0.4, -0.2) is 36.2 Å². The highest BCUT2D eigenvalue weighted by Crippen LogP contribution is 2.20. The molecule has 0 heterocycles.